The summed E-state index contributed by atoms with van der Waals surface area (Å²) in [4.78, 5) is 17.8. The van der Waals surface area contributed by atoms with Gasteiger partial charge in [-0.1, -0.05) is 41.5 Å². The molecule has 0 aliphatic rings. The van der Waals surface area contributed by atoms with E-state index in [1.165, 1.54) is 0 Å². The lowest BCUT2D eigenvalue weighted by Crippen LogP contribution is -2.18. The number of benzene rings is 1. The first-order valence-corrected chi connectivity index (χ1v) is 7.77. The maximum Gasteiger partial charge on any atom is 0.327 e. The Hall–Kier alpha value is -0.670. The topological polar surface area (TPSA) is 69.9 Å². The van der Waals surface area contributed by atoms with Gasteiger partial charge in [0.15, 0.2) is 0 Å². The molecule has 20 heavy (non-hydrogen) atoms. The molecule has 0 saturated heterocycles. The Labute approximate surface area is 122 Å². The first kappa shape index (κ1) is 17.4. The van der Waals surface area contributed by atoms with E-state index in [9.17, 15) is 5.11 Å². The van der Waals surface area contributed by atoms with E-state index in [2.05, 4.69) is 0 Å². The van der Waals surface area contributed by atoms with E-state index in [1.807, 2.05) is 53.7 Å². The second-order valence-corrected chi connectivity index (χ2v) is 7.83. The van der Waals surface area contributed by atoms with Gasteiger partial charge in [-0.05, 0) is 39.7 Å². The lowest BCUT2D eigenvalue weighted by Gasteiger charge is -2.28. The van der Waals surface area contributed by atoms with Crippen LogP contribution in [0.5, 0.6) is 5.75 Å². The van der Waals surface area contributed by atoms with Crippen molar-refractivity contribution in [3.8, 4) is 5.75 Å². The fraction of sp³-hybridized carbons (Fsp3) is 0.600. The molecule has 4 nitrogen and oxygen atoms in total. The molecule has 0 aliphatic carbocycles. The summed E-state index contributed by atoms with van der Waals surface area (Å²) in [5.74, 6) is 0.309. The minimum atomic E-state index is -2.37. The molecule has 0 atom stereocenters. The van der Waals surface area contributed by atoms with Gasteiger partial charge >= 0.3 is 8.60 Å². The van der Waals surface area contributed by atoms with Crippen LogP contribution in [0.4, 0.5) is 0 Å². The highest BCUT2D eigenvalue weighted by atomic mass is 31.2. The van der Waals surface area contributed by atoms with E-state index in [-0.39, 0.29) is 17.4 Å². The monoisotopic (exact) mass is 300 g/mol. The summed E-state index contributed by atoms with van der Waals surface area (Å²) in [5, 5.41) is 10.5. The second kappa shape index (κ2) is 5.98. The molecule has 0 bridgehead atoms. The molecule has 0 spiro atoms. The third kappa shape index (κ3) is 4.42. The number of hydrogen-bond donors (Lipinski definition) is 3. The minimum absolute atomic E-state index is 0.116. The van der Waals surface area contributed by atoms with Crippen molar-refractivity contribution in [2.75, 3.05) is 0 Å². The van der Waals surface area contributed by atoms with E-state index in [1.54, 1.807) is 0 Å². The maximum absolute atomic E-state index is 10.5. The maximum atomic E-state index is 10.5. The van der Waals surface area contributed by atoms with Crippen LogP contribution in [-0.2, 0) is 22.0 Å². The molecule has 0 aliphatic heterocycles. The summed E-state index contributed by atoms with van der Waals surface area (Å²) in [5.41, 5.74) is 2.09. The smallest absolute Gasteiger partial charge is 0.327 e. The van der Waals surface area contributed by atoms with Gasteiger partial charge in [0.2, 0.25) is 0 Å². The second-order valence-electron chi connectivity index (χ2n) is 7.07. The predicted octanol–water partition coefficient (Wildman–Crippen LogP) is 3.72. The Bertz CT molecular complexity index is 435. The Morgan fingerprint density at radius 2 is 1.35 bits per heavy atom. The van der Waals surface area contributed by atoms with Crippen LogP contribution in [-0.4, -0.2) is 14.9 Å². The van der Waals surface area contributed by atoms with Crippen LogP contribution in [0.25, 0.3) is 0 Å². The van der Waals surface area contributed by atoms with Crippen LogP contribution in [0.2, 0.25) is 0 Å². The van der Waals surface area contributed by atoms with E-state index < -0.39 is 8.60 Å². The zero-order chi connectivity index (χ0) is 15.7. The Kier molecular flexibility index (Phi) is 5.20. The van der Waals surface area contributed by atoms with Crippen molar-refractivity contribution in [1.29, 1.82) is 0 Å². The molecule has 114 valence electrons. The summed E-state index contributed by atoms with van der Waals surface area (Å²) >= 11 is 0. The molecular weight excluding hydrogens is 275 g/mol. The van der Waals surface area contributed by atoms with Crippen LogP contribution in [0.1, 0.15) is 58.2 Å². The molecule has 0 fully saturated rings. The van der Waals surface area contributed by atoms with Gasteiger partial charge in [-0.25, -0.2) is 0 Å². The van der Waals surface area contributed by atoms with Crippen LogP contribution >= 0.6 is 8.60 Å². The highest BCUT2D eigenvalue weighted by Crippen LogP contribution is 2.40. The van der Waals surface area contributed by atoms with E-state index in [4.69, 9.17) is 14.3 Å². The van der Waals surface area contributed by atoms with Crippen LogP contribution in [0.15, 0.2) is 12.1 Å². The summed E-state index contributed by atoms with van der Waals surface area (Å²) < 4.78 is 4.90. The first-order valence-electron chi connectivity index (χ1n) is 6.60. The van der Waals surface area contributed by atoms with Gasteiger partial charge in [0, 0.05) is 0 Å². The molecule has 1 aromatic rings. The van der Waals surface area contributed by atoms with Crippen molar-refractivity contribution < 1.29 is 19.4 Å². The van der Waals surface area contributed by atoms with Gasteiger partial charge in [0.25, 0.3) is 0 Å². The average molecular weight is 300 g/mol. The van der Waals surface area contributed by atoms with Crippen molar-refractivity contribution in [2.24, 2.45) is 0 Å². The third-order valence-electron chi connectivity index (χ3n) is 3.13. The van der Waals surface area contributed by atoms with Gasteiger partial charge in [-0.3, -0.25) is 0 Å². The van der Waals surface area contributed by atoms with Crippen molar-refractivity contribution >= 4 is 8.60 Å². The van der Waals surface area contributed by atoms with Crippen LogP contribution in [0, 0.1) is 0 Å². The molecule has 0 unspecified atom stereocenters. The van der Waals surface area contributed by atoms with Gasteiger partial charge in [0.05, 0.1) is 6.61 Å². The molecule has 0 radical (unpaired) electrons. The largest absolute Gasteiger partial charge is 0.507 e. The lowest BCUT2D eigenvalue weighted by atomic mass is 9.78. The molecule has 1 aromatic carbocycles. The van der Waals surface area contributed by atoms with Crippen molar-refractivity contribution in [2.45, 2.75) is 59.0 Å². The number of hydrogen-bond acceptors (Lipinski definition) is 4. The molecule has 1 rings (SSSR count). The highest BCUT2D eigenvalue weighted by molar-refractivity contribution is 7.39. The Morgan fingerprint density at radius 1 is 0.950 bits per heavy atom. The molecule has 0 aromatic heterocycles. The normalized spacial score (nSPS) is 13.1. The zero-order valence-electron chi connectivity index (χ0n) is 13.1. The number of phenols is 1. The minimum Gasteiger partial charge on any atom is -0.507 e. The molecule has 0 heterocycles. The van der Waals surface area contributed by atoms with Crippen molar-refractivity contribution in [3.05, 3.63) is 28.8 Å². The Balaban J connectivity index is 3.35. The molecule has 0 saturated carbocycles. The number of phenolic OH excluding ortho intramolecular Hbond substituents is 1. The van der Waals surface area contributed by atoms with Crippen molar-refractivity contribution in [1.82, 2.24) is 0 Å². The molecular formula is C15H25O4P. The van der Waals surface area contributed by atoms with Gasteiger partial charge in [-0.15, -0.1) is 0 Å². The summed E-state index contributed by atoms with van der Waals surface area (Å²) in [6.07, 6.45) is 0. The van der Waals surface area contributed by atoms with E-state index in [0.717, 1.165) is 16.7 Å². The highest BCUT2D eigenvalue weighted by Gasteiger charge is 2.26. The lowest BCUT2D eigenvalue weighted by molar-refractivity contribution is 0.245. The standard InChI is InChI=1S/C15H25O4P/c1-14(2,3)11-7-10(9-19-20(17)18)8-12(13(11)16)15(4,5)6/h7-8,16-18H,9H2,1-6H3. The Morgan fingerprint density at radius 3 is 1.65 bits per heavy atom. The van der Waals surface area contributed by atoms with E-state index in [0.29, 0.717) is 5.75 Å². The van der Waals surface area contributed by atoms with Gasteiger partial charge in [-0.2, -0.15) is 0 Å². The number of aromatic hydroxyl groups is 1. The fourth-order valence-corrected chi connectivity index (χ4v) is 2.32. The summed E-state index contributed by atoms with van der Waals surface area (Å²) in [6.45, 7) is 12.3. The first-order chi connectivity index (χ1) is 8.93. The fourth-order valence-electron chi connectivity index (χ4n) is 2.05. The van der Waals surface area contributed by atoms with Gasteiger partial charge in [0.1, 0.15) is 5.75 Å². The molecule has 5 heteroatoms. The summed E-state index contributed by atoms with van der Waals surface area (Å²) in [7, 11) is -2.37. The van der Waals surface area contributed by atoms with Crippen molar-refractivity contribution in [3.63, 3.8) is 0 Å². The zero-order valence-corrected chi connectivity index (χ0v) is 14.0. The predicted molar refractivity (Wildman–Crippen MR) is 81.7 cm³/mol. The average Bonchev–Trinajstić information content (AvgIpc) is 2.24. The van der Waals surface area contributed by atoms with Crippen LogP contribution in [0.3, 0.4) is 0 Å². The van der Waals surface area contributed by atoms with Crippen LogP contribution < -0.4 is 0 Å². The molecule has 3 N–H and O–H groups in total. The van der Waals surface area contributed by atoms with E-state index >= 15 is 0 Å². The quantitative estimate of drug-likeness (QED) is 0.744. The van der Waals surface area contributed by atoms with Gasteiger partial charge < -0.3 is 19.4 Å². The SMILES string of the molecule is CC(C)(C)c1cc(COP(O)O)cc(C(C)(C)C)c1O. The number of rotatable bonds is 3. The summed E-state index contributed by atoms with van der Waals surface area (Å²) in [6, 6.07) is 3.73. The third-order valence-corrected chi connectivity index (χ3v) is 3.49. The molecule has 0 amide bonds.